The van der Waals surface area contributed by atoms with Crippen LogP contribution in [0.3, 0.4) is 0 Å². The maximum Gasteiger partial charge on any atom is 0.239 e. The lowest BCUT2D eigenvalue weighted by atomic mass is 9.77. The van der Waals surface area contributed by atoms with Crippen LogP contribution in [0.15, 0.2) is 23.1 Å². The second kappa shape index (κ2) is 9.87. The van der Waals surface area contributed by atoms with Crippen molar-refractivity contribution in [3.63, 3.8) is 0 Å². The van der Waals surface area contributed by atoms with E-state index in [0.717, 1.165) is 16.9 Å². The van der Waals surface area contributed by atoms with Gasteiger partial charge in [0.25, 0.3) is 0 Å². The second-order valence-electron chi connectivity index (χ2n) is 9.57. The number of fused-ring (bicyclic) bond motifs is 1. The lowest BCUT2D eigenvalue weighted by Crippen LogP contribution is -2.49. The number of hydrogen-bond donors (Lipinski definition) is 1. The summed E-state index contributed by atoms with van der Waals surface area (Å²) in [6.07, 6.45) is 7.28. The molecule has 2 amide bonds. The zero-order valence-corrected chi connectivity index (χ0v) is 21.7. The summed E-state index contributed by atoms with van der Waals surface area (Å²) in [5.41, 5.74) is 3.79. The minimum atomic E-state index is -0.128. The molecule has 1 aliphatic carbocycles. The SMILES string of the molecule is CC(=O)N1CCN(CC(=O)Nc2sc3c(c2C#N)C=C(/C=C\c2sccc2C)CC3(C)C)CC1. The molecule has 0 radical (unpaired) electrons. The Balaban J connectivity index is 1.51. The number of nitriles is 1. The molecule has 6 nitrogen and oxygen atoms in total. The standard InChI is InChI=1S/C26H30N4O2S2/c1-17-7-12-33-22(17)6-5-19-13-20-21(15-27)25(34-24(20)26(3,4)14-19)28-23(32)16-29-8-10-30(11-9-29)18(2)31/h5-7,12-13H,8-11,14,16H2,1-4H3,(H,28,32)/b6-5-. The highest BCUT2D eigenvalue weighted by molar-refractivity contribution is 7.17. The van der Waals surface area contributed by atoms with E-state index in [2.05, 4.69) is 61.8 Å². The Morgan fingerprint density at radius 1 is 1.24 bits per heavy atom. The first kappa shape index (κ1) is 24.4. The number of rotatable bonds is 5. The van der Waals surface area contributed by atoms with Gasteiger partial charge in [0.15, 0.2) is 0 Å². The normalized spacial score (nSPS) is 17.9. The summed E-state index contributed by atoms with van der Waals surface area (Å²) in [4.78, 5) is 30.6. The molecular formula is C26H30N4O2S2. The Morgan fingerprint density at radius 2 is 1.97 bits per heavy atom. The van der Waals surface area contributed by atoms with Crippen molar-refractivity contribution >= 4 is 51.6 Å². The number of carbonyl (C=O) groups excluding carboxylic acids is 2. The highest BCUT2D eigenvalue weighted by Gasteiger charge is 2.33. The van der Waals surface area contributed by atoms with Crippen molar-refractivity contribution in [2.45, 2.75) is 39.5 Å². The number of thiophene rings is 2. The van der Waals surface area contributed by atoms with Gasteiger partial charge in [-0.3, -0.25) is 14.5 Å². The molecule has 0 spiro atoms. The average Bonchev–Trinajstić information content (AvgIpc) is 3.35. The predicted molar refractivity (Wildman–Crippen MR) is 140 cm³/mol. The molecule has 8 heteroatoms. The molecule has 3 heterocycles. The summed E-state index contributed by atoms with van der Waals surface area (Å²) in [6.45, 7) is 11.0. The van der Waals surface area contributed by atoms with E-state index in [0.29, 0.717) is 36.7 Å². The van der Waals surface area contributed by atoms with Crippen LogP contribution in [0.5, 0.6) is 0 Å². The van der Waals surface area contributed by atoms with Gasteiger partial charge in [0.05, 0.1) is 12.1 Å². The summed E-state index contributed by atoms with van der Waals surface area (Å²) in [5, 5.41) is 15.7. The monoisotopic (exact) mass is 494 g/mol. The van der Waals surface area contributed by atoms with Gasteiger partial charge in [-0.15, -0.1) is 22.7 Å². The average molecular weight is 495 g/mol. The van der Waals surface area contributed by atoms with Crippen molar-refractivity contribution in [3.8, 4) is 6.07 Å². The quantitative estimate of drug-likeness (QED) is 0.643. The zero-order chi connectivity index (χ0) is 24.5. The largest absolute Gasteiger partial charge is 0.340 e. The van der Waals surface area contributed by atoms with Crippen LogP contribution in [-0.4, -0.2) is 54.3 Å². The fourth-order valence-electron chi connectivity index (χ4n) is 4.55. The Morgan fingerprint density at radius 3 is 2.59 bits per heavy atom. The highest BCUT2D eigenvalue weighted by Crippen LogP contribution is 2.47. The van der Waals surface area contributed by atoms with Crippen molar-refractivity contribution in [2.75, 3.05) is 38.0 Å². The van der Waals surface area contributed by atoms with Gasteiger partial charge in [-0.2, -0.15) is 5.26 Å². The Kier molecular flexibility index (Phi) is 7.08. The molecule has 1 aliphatic heterocycles. The maximum atomic E-state index is 12.8. The minimum absolute atomic E-state index is 0.0716. The Bertz CT molecular complexity index is 1200. The molecule has 0 bridgehead atoms. The van der Waals surface area contributed by atoms with E-state index in [4.69, 9.17) is 0 Å². The summed E-state index contributed by atoms with van der Waals surface area (Å²) in [5.74, 6) is -0.0521. The van der Waals surface area contributed by atoms with Crippen LogP contribution >= 0.6 is 22.7 Å². The molecule has 0 atom stereocenters. The topological polar surface area (TPSA) is 76.4 Å². The van der Waals surface area contributed by atoms with Crippen LogP contribution in [0.2, 0.25) is 0 Å². The summed E-state index contributed by atoms with van der Waals surface area (Å²) >= 11 is 3.24. The number of aryl methyl sites for hydroxylation is 1. The molecule has 2 aliphatic rings. The van der Waals surface area contributed by atoms with Crippen molar-refractivity contribution in [1.29, 1.82) is 5.26 Å². The number of amides is 2. The van der Waals surface area contributed by atoms with Crippen molar-refractivity contribution in [3.05, 3.63) is 49.5 Å². The van der Waals surface area contributed by atoms with Gasteiger partial charge in [0.1, 0.15) is 11.1 Å². The lowest BCUT2D eigenvalue weighted by molar-refractivity contribution is -0.130. The Hall–Kier alpha value is -2.73. The van der Waals surface area contributed by atoms with E-state index in [1.54, 1.807) is 23.2 Å². The van der Waals surface area contributed by atoms with E-state index in [1.807, 2.05) is 4.90 Å². The van der Waals surface area contributed by atoms with Crippen LogP contribution in [0.1, 0.15) is 53.6 Å². The molecule has 4 rings (SSSR count). The minimum Gasteiger partial charge on any atom is -0.340 e. The maximum absolute atomic E-state index is 12.8. The number of nitrogens with one attached hydrogen (secondary N) is 1. The van der Waals surface area contributed by atoms with E-state index in [9.17, 15) is 14.9 Å². The number of nitrogens with zero attached hydrogens (tertiary/aromatic N) is 3. The van der Waals surface area contributed by atoms with Crippen LogP contribution in [0.25, 0.3) is 12.2 Å². The molecular weight excluding hydrogens is 464 g/mol. The van der Waals surface area contributed by atoms with Crippen LogP contribution < -0.4 is 5.32 Å². The number of anilines is 1. The number of carbonyl (C=O) groups is 2. The highest BCUT2D eigenvalue weighted by atomic mass is 32.1. The molecule has 2 aromatic rings. The third kappa shape index (κ3) is 5.17. The van der Waals surface area contributed by atoms with Gasteiger partial charge in [0.2, 0.25) is 11.8 Å². The number of piperazine rings is 1. The van der Waals surface area contributed by atoms with Crippen molar-refractivity contribution in [1.82, 2.24) is 9.80 Å². The van der Waals surface area contributed by atoms with Gasteiger partial charge < -0.3 is 10.2 Å². The van der Waals surface area contributed by atoms with Gasteiger partial charge in [-0.05, 0) is 48.1 Å². The van der Waals surface area contributed by atoms with Gasteiger partial charge in [0, 0.05) is 53.8 Å². The zero-order valence-electron chi connectivity index (χ0n) is 20.1. The first-order valence-corrected chi connectivity index (χ1v) is 13.2. The molecule has 1 N–H and O–H groups in total. The van der Waals surface area contributed by atoms with E-state index in [1.165, 1.54) is 27.4 Å². The van der Waals surface area contributed by atoms with Gasteiger partial charge in [-0.1, -0.05) is 19.9 Å². The lowest BCUT2D eigenvalue weighted by Gasteiger charge is -2.33. The number of hydrogen-bond acceptors (Lipinski definition) is 6. The van der Waals surface area contributed by atoms with E-state index < -0.39 is 0 Å². The van der Waals surface area contributed by atoms with Crippen LogP contribution in [0.4, 0.5) is 5.00 Å². The summed E-state index contributed by atoms with van der Waals surface area (Å²) < 4.78 is 0. The smallest absolute Gasteiger partial charge is 0.239 e. The molecule has 0 saturated carbocycles. The fourth-order valence-corrected chi connectivity index (χ4v) is 6.61. The first-order chi connectivity index (χ1) is 16.2. The van der Waals surface area contributed by atoms with Gasteiger partial charge >= 0.3 is 0 Å². The van der Waals surface area contributed by atoms with E-state index >= 15 is 0 Å². The van der Waals surface area contributed by atoms with Crippen LogP contribution in [-0.2, 0) is 15.0 Å². The Labute approximate surface area is 209 Å². The molecule has 0 aromatic carbocycles. The molecule has 1 saturated heterocycles. The third-order valence-electron chi connectivity index (χ3n) is 6.44. The first-order valence-electron chi connectivity index (χ1n) is 11.5. The third-order valence-corrected chi connectivity index (χ3v) is 8.91. The van der Waals surface area contributed by atoms with Crippen LogP contribution in [0, 0.1) is 18.3 Å². The molecule has 34 heavy (non-hydrogen) atoms. The molecule has 2 aromatic heterocycles. The summed E-state index contributed by atoms with van der Waals surface area (Å²) in [6, 6.07) is 4.46. The summed E-state index contributed by atoms with van der Waals surface area (Å²) in [7, 11) is 0. The molecule has 0 unspecified atom stereocenters. The van der Waals surface area contributed by atoms with Crippen molar-refractivity contribution < 1.29 is 9.59 Å². The molecule has 1 fully saturated rings. The molecule has 178 valence electrons. The number of allylic oxidation sites excluding steroid dienone is 2. The van der Waals surface area contributed by atoms with Crippen molar-refractivity contribution in [2.24, 2.45) is 0 Å². The fraction of sp³-hybridized carbons (Fsp3) is 0.423. The predicted octanol–water partition coefficient (Wildman–Crippen LogP) is 4.87. The van der Waals surface area contributed by atoms with E-state index in [-0.39, 0.29) is 23.8 Å². The van der Waals surface area contributed by atoms with Gasteiger partial charge in [-0.25, -0.2) is 0 Å². The second-order valence-corrected chi connectivity index (χ2v) is 11.5.